The number of fused-ring (bicyclic) bond motifs is 1. The Hall–Kier alpha value is -4.28. The summed E-state index contributed by atoms with van der Waals surface area (Å²) in [4.78, 5) is 28.7. The van der Waals surface area contributed by atoms with Gasteiger partial charge in [-0.25, -0.2) is 13.8 Å². The number of nitrogens with one attached hydrogen (secondary N) is 1. The first-order valence-corrected chi connectivity index (χ1v) is 10.9. The highest BCUT2D eigenvalue weighted by molar-refractivity contribution is 5.95. The lowest BCUT2D eigenvalue weighted by Gasteiger charge is -2.22. The van der Waals surface area contributed by atoms with Gasteiger partial charge in [0.1, 0.15) is 17.6 Å². The molecule has 1 atom stereocenters. The predicted molar refractivity (Wildman–Crippen MR) is 124 cm³/mol. The number of aryl methyl sites for hydroxylation is 1. The van der Waals surface area contributed by atoms with Crippen molar-refractivity contribution >= 4 is 28.1 Å². The Morgan fingerprint density at radius 1 is 1.27 bits per heavy atom. The van der Waals surface area contributed by atoms with Crippen LogP contribution in [0.15, 0.2) is 35.3 Å². The fraction of sp³-hybridized carbons (Fsp3) is 0.348. The van der Waals surface area contributed by atoms with E-state index in [2.05, 4.69) is 10.3 Å². The second-order valence-corrected chi connectivity index (χ2v) is 8.75. The van der Waals surface area contributed by atoms with Crippen LogP contribution in [0.25, 0.3) is 10.9 Å². The van der Waals surface area contributed by atoms with Crippen molar-refractivity contribution in [2.75, 3.05) is 23.3 Å². The number of rotatable bonds is 5. The quantitative estimate of drug-likeness (QED) is 0.292. The van der Waals surface area contributed by atoms with Gasteiger partial charge in [0, 0.05) is 43.7 Å². The lowest BCUT2D eigenvalue weighted by atomic mass is 10.0. The lowest BCUT2D eigenvalue weighted by molar-refractivity contribution is -0.385. The molecule has 9 nitrogen and oxygen atoms in total. The van der Waals surface area contributed by atoms with Crippen LogP contribution in [0.3, 0.4) is 0 Å². The van der Waals surface area contributed by atoms with Crippen LogP contribution in [0.2, 0.25) is 0 Å². The Bertz CT molecular complexity index is 1510. The summed E-state index contributed by atoms with van der Waals surface area (Å²) < 4.78 is 68.9. The third kappa shape index (κ3) is 4.89. The van der Waals surface area contributed by atoms with E-state index in [4.69, 9.17) is 0 Å². The summed E-state index contributed by atoms with van der Waals surface area (Å²) in [6, 6.07) is 4.48. The number of anilines is 2. The molecule has 0 radical (unpaired) electrons. The molecule has 194 valence electrons. The topological polar surface area (TPSA) is 117 Å². The van der Waals surface area contributed by atoms with E-state index < -0.39 is 52.8 Å². The zero-order chi connectivity index (χ0) is 27.3. The summed E-state index contributed by atoms with van der Waals surface area (Å²) >= 11 is 0. The molecule has 3 aromatic rings. The van der Waals surface area contributed by atoms with E-state index in [0.29, 0.717) is 6.07 Å². The molecule has 1 N–H and O–H groups in total. The van der Waals surface area contributed by atoms with E-state index in [1.165, 1.54) is 24.9 Å². The summed E-state index contributed by atoms with van der Waals surface area (Å²) in [5, 5.41) is 23.8. The molecular formula is C23H19F5N6O3. The zero-order valence-corrected chi connectivity index (χ0v) is 19.4. The van der Waals surface area contributed by atoms with Gasteiger partial charge in [0.15, 0.2) is 0 Å². The van der Waals surface area contributed by atoms with Gasteiger partial charge in [-0.2, -0.15) is 18.4 Å². The monoisotopic (exact) mass is 522 g/mol. The number of halogens is 5. The molecule has 1 aliphatic heterocycles. The van der Waals surface area contributed by atoms with Crippen LogP contribution in [-0.2, 0) is 13.2 Å². The van der Waals surface area contributed by atoms with E-state index in [-0.39, 0.29) is 40.1 Å². The van der Waals surface area contributed by atoms with E-state index in [0.717, 1.165) is 22.9 Å². The number of hydrogen-bond acceptors (Lipinski definition) is 7. The van der Waals surface area contributed by atoms with E-state index in [9.17, 15) is 42.1 Å². The predicted octanol–water partition coefficient (Wildman–Crippen LogP) is 4.75. The van der Waals surface area contributed by atoms with Crippen molar-refractivity contribution in [2.45, 2.75) is 31.5 Å². The van der Waals surface area contributed by atoms with Gasteiger partial charge in [0.25, 0.3) is 17.2 Å². The standard InChI is InChI=1S/C23H19F5N6O3/c1-12(13-5-15(23(26,27)28)7-16(6-13)34(36)37)31-20-17-8-18(33-4-3-22(24,25)11-33)21(35)32(2)19(17)14(9-29)10-30-20/h5-8,10,12H,3-4,11H2,1-2H3,(H,30,31)/t12-/m1/s1. The van der Waals surface area contributed by atoms with Gasteiger partial charge in [-0.1, -0.05) is 0 Å². The molecule has 0 amide bonds. The first-order valence-electron chi connectivity index (χ1n) is 10.9. The van der Waals surface area contributed by atoms with Crippen LogP contribution in [0, 0.1) is 21.4 Å². The minimum absolute atomic E-state index is 0.0146. The van der Waals surface area contributed by atoms with Gasteiger partial charge in [-0.05, 0) is 24.6 Å². The molecule has 0 saturated carbocycles. The number of alkyl halides is 5. The molecule has 2 aromatic heterocycles. The number of non-ortho nitro benzene ring substituents is 1. The van der Waals surface area contributed by atoms with Gasteiger partial charge in [-0.3, -0.25) is 14.9 Å². The number of pyridine rings is 2. The van der Waals surface area contributed by atoms with Crippen molar-refractivity contribution in [3.05, 3.63) is 67.6 Å². The minimum Gasteiger partial charge on any atom is -0.363 e. The summed E-state index contributed by atoms with van der Waals surface area (Å²) in [5.41, 5.74) is -2.53. The number of nitro benzene ring substituents is 1. The molecule has 14 heteroatoms. The normalized spacial score (nSPS) is 16.0. The maximum Gasteiger partial charge on any atom is 0.416 e. The third-order valence-corrected chi connectivity index (χ3v) is 6.19. The Morgan fingerprint density at radius 3 is 2.54 bits per heavy atom. The second-order valence-electron chi connectivity index (χ2n) is 8.75. The highest BCUT2D eigenvalue weighted by Crippen LogP contribution is 2.36. The fourth-order valence-electron chi connectivity index (χ4n) is 4.29. The second kappa shape index (κ2) is 8.99. The maximum atomic E-state index is 13.8. The number of benzene rings is 1. The Labute approximate surface area is 205 Å². The molecule has 0 spiro atoms. The first kappa shape index (κ1) is 25.8. The molecule has 1 aliphatic rings. The number of hydrogen-bond donors (Lipinski definition) is 1. The van der Waals surface area contributed by atoms with Crippen LogP contribution in [0.4, 0.5) is 39.1 Å². The summed E-state index contributed by atoms with van der Waals surface area (Å²) in [7, 11) is 1.37. The number of nitrogens with zero attached hydrogens (tertiary/aromatic N) is 5. The van der Waals surface area contributed by atoms with Crippen molar-refractivity contribution in [1.29, 1.82) is 5.26 Å². The number of nitriles is 1. The van der Waals surface area contributed by atoms with Gasteiger partial charge < -0.3 is 14.8 Å². The first-order chi connectivity index (χ1) is 17.2. The molecule has 1 aromatic carbocycles. The van der Waals surface area contributed by atoms with Crippen LogP contribution in [-0.4, -0.2) is 33.5 Å². The average molecular weight is 522 g/mol. The van der Waals surface area contributed by atoms with E-state index >= 15 is 0 Å². The largest absolute Gasteiger partial charge is 0.416 e. The highest BCUT2D eigenvalue weighted by atomic mass is 19.4. The molecule has 1 saturated heterocycles. The third-order valence-electron chi connectivity index (χ3n) is 6.19. The lowest BCUT2D eigenvalue weighted by Crippen LogP contribution is -2.32. The number of nitro groups is 1. The van der Waals surface area contributed by atoms with Crippen molar-refractivity contribution < 1.29 is 26.9 Å². The molecule has 3 heterocycles. The van der Waals surface area contributed by atoms with Gasteiger partial charge in [-0.15, -0.1) is 0 Å². The smallest absolute Gasteiger partial charge is 0.363 e. The molecule has 37 heavy (non-hydrogen) atoms. The molecular weight excluding hydrogens is 503 g/mol. The van der Waals surface area contributed by atoms with Gasteiger partial charge in [0.2, 0.25) is 0 Å². The average Bonchev–Trinajstić information content (AvgIpc) is 3.19. The summed E-state index contributed by atoms with van der Waals surface area (Å²) in [6.45, 7) is 0.702. The Balaban J connectivity index is 1.84. The molecule has 0 bridgehead atoms. The Kier molecular flexibility index (Phi) is 6.27. The van der Waals surface area contributed by atoms with Crippen molar-refractivity contribution in [3.63, 3.8) is 0 Å². The van der Waals surface area contributed by atoms with Crippen LogP contribution >= 0.6 is 0 Å². The van der Waals surface area contributed by atoms with Crippen molar-refractivity contribution in [2.24, 2.45) is 7.05 Å². The molecule has 4 rings (SSSR count). The molecule has 0 unspecified atom stereocenters. The fourth-order valence-corrected chi connectivity index (χ4v) is 4.29. The Morgan fingerprint density at radius 2 is 1.97 bits per heavy atom. The van der Waals surface area contributed by atoms with E-state index in [1.807, 2.05) is 6.07 Å². The van der Waals surface area contributed by atoms with Crippen LogP contribution < -0.4 is 15.8 Å². The molecule has 1 fully saturated rings. The molecule has 0 aliphatic carbocycles. The van der Waals surface area contributed by atoms with Gasteiger partial charge >= 0.3 is 6.18 Å². The van der Waals surface area contributed by atoms with Crippen LogP contribution in [0.1, 0.15) is 36.1 Å². The van der Waals surface area contributed by atoms with E-state index in [1.54, 1.807) is 0 Å². The SMILES string of the molecule is C[C@@H](Nc1ncc(C#N)c2c1cc(N1CCC(F)(F)C1)c(=O)n2C)c1cc([N+](=O)[O-])cc(C(F)(F)F)c1. The summed E-state index contributed by atoms with van der Waals surface area (Å²) in [6.07, 6.45) is -4.11. The van der Waals surface area contributed by atoms with Crippen molar-refractivity contribution in [3.8, 4) is 6.07 Å². The zero-order valence-electron chi connectivity index (χ0n) is 19.4. The van der Waals surface area contributed by atoms with Crippen molar-refractivity contribution in [1.82, 2.24) is 9.55 Å². The van der Waals surface area contributed by atoms with Crippen LogP contribution in [0.5, 0.6) is 0 Å². The maximum absolute atomic E-state index is 13.8. The number of aromatic nitrogens is 2. The summed E-state index contributed by atoms with van der Waals surface area (Å²) in [5.74, 6) is -2.94. The minimum atomic E-state index is -4.83. The van der Waals surface area contributed by atoms with Gasteiger partial charge in [0.05, 0.1) is 34.2 Å². The highest BCUT2D eigenvalue weighted by Gasteiger charge is 2.39.